The van der Waals surface area contributed by atoms with E-state index in [0.29, 0.717) is 6.42 Å². The number of H-pyrrole nitrogens is 1. The van der Waals surface area contributed by atoms with Gasteiger partial charge in [-0.2, -0.15) is 0 Å². The zero-order valence-corrected chi connectivity index (χ0v) is 25.8. The molecular formula is C31H41N7O9. The number of carboxylic acids is 3. The number of aromatic nitrogens is 1. The lowest BCUT2D eigenvalue weighted by atomic mass is 10.1. The molecule has 9 N–H and O–H groups in total. The van der Waals surface area contributed by atoms with E-state index in [1.54, 1.807) is 29.2 Å². The van der Waals surface area contributed by atoms with Gasteiger partial charge in [-0.15, -0.1) is 0 Å². The average molecular weight is 656 g/mol. The minimum Gasteiger partial charge on any atom is -0.480 e. The lowest BCUT2D eigenvalue weighted by Crippen LogP contribution is -2.45. The third-order valence-electron chi connectivity index (χ3n) is 6.99. The molecule has 16 nitrogen and oxygen atoms in total. The van der Waals surface area contributed by atoms with E-state index in [1.165, 1.54) is 4.90 Å². The quantitative estimate of drug-likeness (QED) is 0.0497. The number of carboxylic acid groups (broad SMARTS) is 3. The minimum atomic E-state index is -1.18. The molecule has 16 heteroatoms. The number of rotatable bonds is 22. The first-order valence-corrected chi connectivity index (χ1v) is 14.9. The Morgan fingerprint density at radius 1 is 0.830 bits per heavy atom. The van der Waals surface area contributed by atoms with Gasteiger partial charge in [-0.1, -0.05) is 42.5 Å². The largest absolute Gasteiger partial charge is 0.480 e. The van der Waals surface area contributed by atoms with E-state index in [1.807, 2.05) is 30.3 Å². The lowest BCUT2D eigenvalue weighted by Gasteiger charge is -2.25. The third-order valence-corrected chi connectivity index (χ3v) is 6.99. The van der Waals surface area contributed by atoms with E-state index in [-0.39, 0.29) is 58.3 Å². The number of nitrogens with one attached hydrogen (secondary N) is 4. The van der Waals surface area contributed by atoms with Crippen LogP contribution in [-0.2, 0) is 48.4 Å². The molecule has 0 bridgehead atoms. The highest BCUT2D eigenvalue weighted by atomic mass is 16.6. The van der Waals surface area contributed by atoms with Crippen LogP contribution in [0.25, 0.3) is 10.9 Å². The average Bonchev–Trinajstić information content (AvgIpc) is 3.43. The summed E-state index contributed by atoms with van der Waals surface area (Å²) in [6.45, 7) is -0.198. The van der Waals surface area contributed by atoms with E-state index in [2.05, 4.69) is 21.1 Å². The predicted octanol–water partition coefficient (Wildman–Crippen LogP) is -0.651. The Labute approximate surface area is 270 Å². The summed E-state index contributed by atoms with van der Waals surface area (Å²) < 4.78 is 0. The third kappa shape index (κ3) is 14.0. The molecule has 1 heterocycles. The predicted molar refractivity (Wildman–Crippen MR) is 170 cm³/mol. The normalized spacial score (nSPS) is 11.9. The highest BCUT2D eigenvalue weighted by Crippen LogP contribution is 2.15. The lowest BCUT2D eigenvalue weighted by molar-refractivity contribution is -0.142. The molecule has 0 unspecified atom stereocenters. The van der Waals surface area contributed by atoms with Gasteiger partial charge in [0.25, 0.3) is 5.91 Å². The summed E-state index contributed by atoms with van der Waals surface area (Å²) in [6.07, 6.45) is 0.317. The number of aromatic amines is 1. The highest BCUT2D eigenvalue weighted by molar-refractivity contribution is 5.83. The van der Waals surface area contributed by atoms with Crippen LogP contribution in [0.5, 0.6) is 0 Å². The number of nitrogens with two attached hydrogens (primary N) is 1. The van der Waals surface area contributed by atoms with Crippen molar-refractivity contribution in [1.82, 2.24) is 30.9 Å². The Kier molecular flexibility index (Phi) is 14.8. The number of amides is 2. The fourth-order valence-corrected chi connectivity index (χ4v) is 4.63. The van der Waals surface area contributed by atoms with Crippen molar-refractivity contribution >= 4 is 40.6 Å². The number of benzene rings is 2. The first kappa shape index (κ1) is 36.6. The number of carbonyl (C=O) groups excluding carboxylic acids is 2. The fourth-order valence-electron chi connectivity index (χ4n) is 4.63. The number of fused-ring (bicyclic) bond motifs is 1. The number of hydrogen-bond donors (Lipinski definition) is 8. The standard InChI is InChI=1S/C31H41N7O9/c32-25(14-24-13-23-3-1-2-4-26(23)35-24)31(46)36-47-20-22-7-5-21(6-8-22)15-34-27(39)17-37(10-9-33-16-28(40)41)11-12-38(18-29(42)43)19-30(44)45/h1-8,13,25,33,35H,9-12,14-20,32H2,(H,34,39)(H,36,46)(H,40,41)(H,42,43)(H,44,45)/t25-/m1/s1. The van der Waals surface area contributed by atoms with Crippen molar-refractivity contribution in [3.05, 3.63) is 71.4 Å². The Hall–Kier alpha value is -4.87. The minimum absolute atomic E-state index is 0.0726. The molecule has 0 saturated heterocycles. The molecule has 0 saturated carbocycles. The van der Waals surface area contributed by atoms with Gasteiger partial charge in [0.05, 0.1) is 38.8 Å². The van der Waals surface area contributed by atoms with Crippen molar-refractivity contribution in [2.24, 2.45) is 5.73 Å². The summed E-state index contributed by atoms with van der Waals surface area (Å²) in [5.74, 6) is -4.17. The van der Waals surface area contributed by atoms with Gasteiger partial charge in [0, 0.05) is 50.4 Å². The summed E-state index contributed by atoms with van der Waals surface area (Å²) in [7, 11) is 0. The second-order valence-electron chi connectivity index (χ2n) is 10.9. The number of carbonyl (C=O) groups is 5. The zero-order chi connectivity index (χ0) is 34.2. The number of para-hydroxylation sites is 1. The Morgan fingerprint density at radius 3 is 2.15 bits per heavy atom. The molecule has 3 rings (SSSR count). The Bertz CT molecular complexity index is 1450. The van der Waals surface area contributed by atoms with E-state index in [4.69, 9.17) is 25.9 Å². The van der Waals surface area contributed by atoms with Gasteiger partial charge < -0.3 is 36.7 Å². The maximum atomic E-state index is 12.7. The molecule has 0 aliphatic carbocycles. The van der Waals surface area contributed by atoms with E-state index >= 15 is 0 Å². The van der Waals surface area contributed by atoms with E-state index < -0.39 is 42.9 Å². The van der Waals surface area contributed by atoms with Crippen LogP contribution >= 0.6 is 0 Å². The fraction of sp³-hybridized carbons (Fsp3) is 0.387. The van der Waals surface area contributed by atoms with Crippen LogP contribution in [0.15, 0.2) is 54.6 Å². The molecule has 1 aromatic heterocycles. The summed E-state index contributed by atoms with van der Waals surface area (Å²) in [5.41, 5.74) is 11.8. The van der Waals surface area contributed by atoms with Crippen molar-refractivity contribution in [2.75, 3.05) is 52.4 Å². The molecule has 1 atom stereocenters. The Morgan fingerprint density at radius 2 is 1.49 bits per heavy atom. The maximum Gasteiger partial charge on any atom is 0.317 e. The van der Waals surface area contributed by atoms with Crippen molar-refractivity contribution in [1.29, 1.82) is 0 Å². The molecule has 47 heavy (non-hydrogen) atoms. The molecule has 3 aromatic rings. The first-order chi connectivity index (χ1) is 22.5. The zero-order valence-electron chi connectivity index (χ0n) is 25.8. The van der Waals surface area contributed by atoms with Gasteiger partial charge in [-0.25, -0.2) is 5.48 Å². The van der Waals surface area contributed by atoms with Crippen LogP contribution in [0.1, 0.15) is 16.8 Å². The van der Waals surface area contributed by atoms with Crippen molar-refractivity contribution in [2.45, 2.75) is 25.6 Å². The molecule has 0 fully saturated rings. The number of hydroxylamine groups is 1. The van der Waals surface area contributed by atoms with Crippen LogP contribution in [0.4, 0.5) is 0 Å². The van der Waals surface area contributed by atoms with Gasteiger partial charge >= 0.3 is 17.9 Å². The van der Waals surface area contributed by atoms with E-state index in [0.717, 1.165) is 27.7 Å². The summed E-state index contributed by atoms with van der Waals surface area (Å²) in [6, 6.07) is 16.1. The molecule has 0 aliphatic heterocycles. The SMILES string of the molecule is N[C@H](Cc1cc2ccccc2[nH]1)C(=O)NOCc1ccc(CNC(=O)CN(CCNCC(=O)O)CCN(CC(=O)O)CC(=O)O)cc1. The molecule has 0 radical (unpaired) electrons. The molecule has 2 aromatic carbocycles. The molecule has 0 spiro atoms. The highest BCUT2D eigenvalue weighted by Gasteiger charge is 2.18. The number of hydrogen-bond acceptors (Lipinski definition) is 10. The van der Waals surface area contributed by atoms with Gasteiger partial charge in [-0.3, -0.25) is 38.6 Å². The summed E-state index contributed by atoms with van der Waals surface area (Å²) >= 11 is 0. The molecular weight excluding hydrogens is 614 g/mol. The van der Waals surface area contributed by atoms with Gasteiger partial charge in [0.2, 0.25) is 5.91 Å². The van der Waals surface area contributed by atoms with Gasteiger partial charge in [0.15, 0.2) is 0 Å². The van der Waals surface area contributed by atoms with Crippen LogP contribution in [-0.4, -0.2) is 118 Å². The second-order valence-corrected chi connectivity index (χ2v) is 10.9. The number of aliphatic carboxylic acids is 3. The first-order valence-electron chi connectivity index (χ1n) is 14.9. The van der Waals surface area contributed by atoms with Crippen molar-refractivity contribution in [3.63, 3.8) is 0 Å². The van der Waals surface area contributed by atoms with Crippen LogP contribution in [0, 0.1) is 0 Å². The molecule has 0 aliphatic rings. The second kappa shape index (κ2) is 18.9. The topological polar surface area (TPSA) is 240 Å². The smallest absolute Gasteiger partial charge is 0.317 e. The van der Waals surface area contributed by atoms with E-state index in [9.17, 15) is 24.0 Å². The van der Waals surface area contributed by atoms with Crippen LogP contribution in [0.2, 0.25) is 0 Å². The van der Waals surface area contributed by atoms with Crippen LogP contribution in [0.3, 0.4) is 0 Å². The van der Waals surface area contributed by atoms with Crippen molar-refractivity contribution < 1.29 is 44.1 Å². The summed E-state index contributed by atoms with van der Waals surface area (Å²) in [5, 5.41) is 33.5. The summed E-state index contributed by atoms with van der Waals surface area (Å²) in [4.78, 5) is 69.6. The maximum absolute atomic E-state index is 12.7. The number of nitrogens with zero attached hydrogens (tertiary/aromatic N) is 2. The van der Waals surface area contributed by atoms with Crippen molar-refractivity contribution in [3.8, 4) is 0 Å². The molecule has 254 valence electrons. The Balaban J connectivity index is 1.41. The van der Waals surface area contributed by atoms with Gasteiger partial charge in [0.1, 0.15) is 0 Å². The monoisotopic (exact) mass is 655 g/mol. The molecule has 2 amide bonds. The van der Waals surface area contributed by atoms with Gasteiger partial charge in [-0.05, 0) is 28.6 Å². The van der Waals surface area contributed by atoms with Crippen LogP contribution < -0.4 is 21.8 Å².